The number of pyridine rings is 2. The van der Waals surface area contributed by atoms with E-state index in [9.17, 15) is 4.79 Å². The first-order valence-electron chi connectivity index (χ1n) is 8.69. The minimum absolute atomic E-state index is 0.0866. The van der Waals surface area contributed by atoms with E-state index < -0.39 is 0 Å². The molecular weight excluding hydrogens is 330 g/mol. The summed E-state index contributed by atoms with van der Waals surface area (Å²) in [7, 11) is 0. The summed E-state index contributed by atoms with van der Waals surface area (Å²) < 4.78 is 5.17. The van der Waals surface area contributed by atoms with Crippen LogP contribution in [0.15, 0.2) is 35.1 Å². The summed E-state index contributed by atoms with van der Waals surface area (Å²) >= 11 is 0. The van der Waals surface area contributed by atoms with Crippen LogP contribution in [-0.2, 0) is 12.8 Å². The Morgan fingerprint density at radius 3 is 3.00 bits per heavy atom. The first kappa shape index (κ1) is 16.4. The maximum Gasteiger partial charge on any atom is 0.251 e. The van der Waals surface area contributed by atoms with E-state index in [1.165, 1.54) is 0 Å². The molecule has 7 heteroatoms. The van der Waals surface area contributed by atoms with Gasteiger partial charge in [-0.15, -0.1) is 0 Å². The summed E-state index contributed by atoms with van der Waals surface area (Å²) in [5.41, 5.74) is 4.29. The number of aryl methyl sites for hydroxylation is 3. The zero-order valence-corrected chi connectivity index (χ0v) is 14.7. The van der Waals surface area contributed by atoms with Gasteiger partial charge in [-0.3, -0.25) is 14.8 Å². The van der Waals surface area contributed by atoms with Gasteiger partial charge in [0, 0.05) is 35.6 Å². The Bertz CT molecular complexity index is 966. The molecule has 1 aliphatic rings. The number of amides is 1. The summed E-state index contributed by atoms with van der Waals surface area (Å²) in [5.74, 6) is 1.06. The fraction of sp³-hybridized carbons (Fsp3) is 0.316. The van der Waals surface area contributed by atoms with Crippen LogP contribution < -0.4 is 5.32 Å². The van der Waals surface area contributed by atoms with Crippen molar-refractivity contribution in [1.82, 2.24) is 25.4 Å². The number of carbonyl (C=O) groups excluding carboxylic acids is 1. The number of rotatable bonds is 4. The van der Waals surface area contributed by atoms with Gasteiger partial charge in [0.2, 0.25) is 11.7 Å². The molecule has 1 unspecified atom stereocenters. The fourth-order valence-electron chi connectivity index (χ4n) is 3.18. The van der Waals surface area contributed by atoms with Crippen molar-refractivity contribution in [2.75, 3.05) is 0 Å². The molecule has 0 fully saturated rings. The molecule has 7 nitrogen and oxygen atoms in total. The van der Waals surface area contributed by atoms with Gasteiger partial charge >= 0.3 is 0 Å². The highest BCUT2D eigenvalue weighted by atomic mass is 16.5. The number of nitrogens with one attached hydrogen (secondary N) is 1. The zero-order chi connectivity index (χ0) is 18.1. The molecular formula is C19H19N5O2. The minimum atomic E-state index is -0.106. The van der Waals surface area contributed by atoms with E-state index >= 15 is 0 Å². The van der Waals surface area contributed by atoms with Crippen LogP contribution in [0.25, 0.3) is 11.4 Å². The number of fused-ring (bicyclic) bond motifs is 1. The predicted octanol–water partition coefficient (Wildman–Crippen LogP) is 2.81. The fourth-order valence-corrected chi connectivity index (χ4v) is 3.18. The molecule has 1 atom stereocenters. The molecule has 3 aromatic rings. The van der Waals surface area contributed by atoms with Gasteiger partial charge in [0.15, 0.2) is 0 Å². The lowest BCUT2D eigenvalue weighted by Gasteiger charge is -2.13. The van der Waals surface area contributed by atoms with Gasteiger partial charge in [-0.2, -0.15) is 4.98 Å². The van der Waals surface area contributed by atoms with Crippen LogP contribution in [0.3, 0.4) is 0 Å². The standard InChI is InChI=1S/C19H19N5O2/c1-3-16-23-18(24-26-16)14-9-12-4-5-15(17(12)21-10-14)22-19(25)13-6-7-20-11(2)8-13/h6-10,15H,3-5H2,1-2H3,(H,22,25). The zero-order valence-electron chi connectivity index (χ0n) is 14.7. The van der Waals surface area contributed by atoms with Crippen LogP contribution in [-0.4, -0.2) is 26.0 Å². The Hall–Kier alpha value is -3.09. The highest BCUT2D eigenvalue weighted by Crippen LogP contribution is 2.32. The molecule has 0 bridgehead atoms. The SMILES string of the molecule is CCc1nc(-c2cnc3c(c2)CCC3NC(=O)c2ccnc(C)c2)no1. The van der Waals surface area contributed by atoms with Crippen molar-refractivity contribution in [1.29, 1.82) is 0 Å². The van der Waals surface area contributed by atoms with E-state index in [0.29, 0.717) is 23.7 Å². The summed E-state index contributed by atoms with van der Waals surface area (Å²) in [6.45, 7) is 3.84. The molecule has 0 saturated heterocycles. The second-order valence-corrected chi connectivity index (χ2v) is 6.38. The van der Waals surface area contributed by atoms with Gasteiger partial charge in [0.25, 0.3) is 5.91 Å². The lowest BCUT2D eigenvalue weighted by atomic mass is 10.1. The van der Waals surface area contributed by atoms with Gasteiger partial charge in [-0.25, -0.2) is 0 Å². The van der Waals surface area contributed by atoms with Gasteiger partial charge in [0.1, 0.15) is 0 Å². The third kappa shape index (κ3) is 3.08. The van der Waals surface area contributed by atoms with E-state index in [1.807, 2.05) is 19.9 Å². The van der Waals surface area contributed by atoms with E-state index in [-0.39, 0.29) is 11.9 Å². The van der Waals surface area contributed by atoms with Crippen LogP contribution in [0.1, 0.15) is 52.6 Å². The largest absolute Gasteiger partial charge is 0.344 e. The van der Waals surface area contributed by atoms with Crippen molar-refractivity contribution in [3.8, 4) is 11.4 Å². The van der Waals surface area contributed by atoms with Crippen molar-refractivity contribution in [2.45, 2.75) is 39.2 Å². The quantitative estimate of drug-likeness (QED) is 0.778. The van der Waals surface area contributed by atoms with Crippen molar-refractivity contribution in [2.24, 2.45) is 0 Å². The summed E-state index contributed by atoms with van der Waals surface area (Å²) in [4.78, 5) is 25.5. The van der Waals surface area contributed by atoms with Gasteiger partial charge in [-0.1, -0.05) is 12.1 Å². The van der Waals surface area contributed by atoms with Crippen LogP contribution in [0, 0.1) is 6.92 Å². The Balaban J connectivity index is 1.53. The third-order valence-corrected chi connectivity index (χ3v) is 4.53. The summed E-state index contributed by atoms with van der Waals surface area (Å²) in [6, 6.07) is 5.45. The number of aromatic nitrogens is 4. The first-order valence-corrected chi connectivity index (χ1v) is 8.69. The molecule has 132 valence electrons. The molecule has 0 spiro atoms. The second-order valence-electron chi connectivity index (χ2n) is 6.38. The lowest BCUT2D eigenvalue weighted by molar-refractivity contribution is 0.0935. The molecule has 26 heavy (non-hydrogen) atoms. The number of hydrogen-bond donors (Lipinski definition) is 1. The maximum atomic E-state index is 12.5. The molecule has 4 rings (SSSR count). The van der Waals surface area contributed by atoms with Crippen molar-refractivity contribution in [3.63, 3.8) is 0 Å². The van der Waals surface area contributed by atoms with Crippen LogP contribution in [0.4, 0.5) is 0 Å². The lowest BCUT2D eigenvalue weighted by Crippen LogP contribution is -2.27. The Morgan fingerprint density at radius 1 is 1.35 bits per heavy atom. The third-order valence-electron chi connectivity index (χ3n) is 4.53. The highest BCUT2D eigenvalue weighted by molar-refractivity contribution is 5.94. The average molecular weight is 349 g/mol. The minimum Gasteiger partial charge on any atom is -0.344 e. The van der Waals surface area contributed by atoms with Gasteiger partial charge in [0.05, 0.1) is 11.7 Å². The smallest absolute Gasteiger partial charge is 0.251 e. The predicted molar refractivity (Wildman–Crippen MR) is 94.4 cm³/mol. The molecule has 0 aliphatic heterocycles. The Morgan fingerprint density at radius 2 is 2.23 bits per heavy atom. The number of carbonyl (C=O) groups is 1. The topological polar surface area (TPSA) is 93.8 Å². The van der Waals surface area contributed by atoms with E-state index in [1.54, 1.807) is 24.5 Å². The molecule has 1 N–H and O–H groups in total. The average Bonchev–Trinajstić information content (AvgIpc) is 3.28. The van der Waals surface area contributed by atoms with Crippen molar-refractivity contribution < 1.29 is 9.32 Å². The summed E-state index contributed by atoms with van der Waals surface area (Å²) in [5, 5.41) is 7.07. The van der Waals surface area contributed by atoms with E-state index in [0.717, 1.165) is 35.4 Å². The molecule has 1 amide bonds. The molecule has 0 aromatic carbocycles. The van der Waals surface area contributed by atoms with Gasteiger partial charge < -0.3 is 9.84 Å². The number of nitrogens with zero attached hydrogens (tertiary/aromatic N) is 4. The van der Waals surface area contributed by atoms with Crippen molar-refractivity contribution in [3.05, 3.63) is 59.0 Å². The highest BCUT2D eigenvalue weighted by Gasteiger charge is 2.26. The normalized spacial score (nSPS) is 15.7. The molecule has 0 radical (unpaired) electrons. The Labute approximate surface area is 150 Å². The van der Waals surface area contributed by atoms with Crippen molar-refractivity contribution >= 4 is 5.91 Å². The summed E-state index contributed by atoms with van der Waals surface area (Å²) in [6.07, 6.45) is 5.77. The molecule has 3 aromatic heterocycles. The van der Waals surface area contributed by atoms with E-state index in [2.05, 4.69) is 25.4 Å². The monoisotopic (exact) mass is 349 g/mol. The van der Waals surface area contributed by atoms with Crippen LogP contribution in [0.5, 0.6) is 0 Å². The molecule has 0 saturated carbocycles. The molecule has 3 heterocycles. The Kier molecular flexibility index (Phi) is 4.20. The first-order chi connectivity index (χ1) is 12.6. The molecule has 1 aliphatic carbocycles. The van der Waals surface area contributed by atoms with Gasteiger partial charge in [-0.05, 0) is 43.5 Å². The maximum absolute atomic E-state index is 12.5. The second kappa shape index (κ2) is 6.67. The van der Waals surface area contributed by atoms with Crippen LogP contribution >= 0.6 is 0 Å². The van der Waals surface area contributed by atoms with Crippen LogP contribution in [0.2, 0.25) is 0 Å². The van der Waals surface area contributed by atoms with E-state index in [4.69, 9.17) is 4.52 Å². The number of hydrogen-bond acceptors (Lipinski definition) is 6.